The van der Waals surface area contributed by atoms with Gasteiger partial charge in [-0.05, 0) is 28.4 Å². The van der Waals surface area contributed by atoms with Gasteiger partial charge in [0.2, 0.25) is 5.82 Å². The zero-order chi connectivity index (χ0) is 16.7. The lowest BCUT2D eigenvalue weighted by Crippen LogP contribution is -2.22. The van der Waals surface area contributed by atoms with Crippen LogP contribution in [0.1, 0.15) is 19.2 Å². The lowest BCUT2D eigenvalue weighted by atomic mass is 10.3. The minimum absolute atomic E-state index is 0.00877. The SMILES string of the molecule is CCCOC(=O)n1c(C(F)(F)F)nc2c(Br)c(Cl)c(Cl)cc21. The van der Waals surface area contributed by atoms with E-state index in [-0.39, 0.29) is 32.2 Å². The monoisotopic (exact) mass is 418 g/mol. The number of carbonyl (C=O) groups excluding carboxylic acids is 1. The molecule has 10 heteroatoms. The second kappa shape index (κ2) is 6.25. The largest absolute Gasteiger partial charge is 0.450 e. The van der Waals surface area contributed by atoms with E-state index in [0.29, 0.717) is 11.0 Å². The van der Waals surface area contributed by atoms with E-state index in [4.69, 9.17) is 27.9 Å². The molecule has 2 rings (SSSR count). The minimum atomic E-state index is -4.84. The molecule has 0 atom stereocenters. The maximum Gasteiger partial charge on any atom is 0.450 e. The number of imidazole rings is 1. The number of carbonyl (C=O) groups is 1. The van der Waals surface area contributed by atoms with Gasteiger partial charge in [0.25, 0.3) is 0 Å². The predicted octanol–water partition coefficient (Wildman–Crippen LogP) is 5.52. The van der Waals surface area contributed by atoms with Gasteiger partial charge in [0.1, 0.15) is 5.52 Å². The summed E-state index contributed by atoms with van der Waals surface area (Å²) in [5.74, 6) is -1.40. The summed E-state index contributed by atoms with van der Waals surface area (Å²) in [6.07, 6.45) is -5.56. The predicted molar refractivity (Wildman–Crippen MR) is 79.5 cm³/mol. The Hall–Kier alpha value is -0.990. The van der Waals surface area contributed by atoms with Crippen molar-refractivity contribution in [3.05, 3.63) is 26.4 Å². The van der Waals surface area contributed by atoms with Crippen LogP contribution in [0.5, 0.6) is 0 Å². The molecular formula is C12H8BrCl2F3N2O2. The van der Waals surface area contributed by atoms with Crippen molar-refractivity contribution in [2.75, 3.05) is 6.61 Å². The van der Waals surface area contributed by atoms with Crippen LogP contribution >= 0.6 is 39.1 Å². The summed E-state index contributed by atoms with van der Waals surface area (Å²) >= 11 is 14.8. The van der Waals surface area contributed by atoms with Crippen LogP contribution in [0.3, 0.4) is 0 Å². The molecule has 0 spiro atoms. The summed E-state index contributed by atoms with van der Waals surface area (Å²) in [7, 11) is 0. The molecular weight excluding hydrogens is 412 g/mol. The maximum atomic E-state index is 13.1. The highest BCUT2D eigenvalue weighted by Crippen LogP contribution is 2.40. The van der Waals surface area contributed by atoms with Crippen LogP contribution in [-0.2, 0) is 10.9 Å². The molecule has 0 N–H and O–H groups in total. The molecule has 22 heavy (non-hydrogen) atoms. The second-order valence-corrected chi connectivity index (χ2v) is 5.82. The van der Waals surface area contributed by atoms with E-state index in [1.54, 1.807) is 6.92 Å². The molecule has 1 aromatic heterocycles. The van der Waals surface area contributed by atoms with Crippen LogP contribution in [0.15, 0.2) is 10.5 Å². The quantitative estimate of drug-likeness (QED) is 0.602. The molecule has 4 nitrogen and oxygen atoms in total. The number of rotatable bonds is 2. The van der Waals surface area contributed by atoms with Crippen LogP contribution in [0.25, 0.3) is 11.0 Å². The average Bonchev–Trinajstić information content (AvgIpc) is 2.81. The summed E-state index contributed by atoms with van der Waals surface area (Å²) in [5, 5.41) is -0.00586. The number of halogens is 6. The number of benzene rings is 1. The number of fused-ring (bicyclic) bond motifs is 1. The summed E-state index contributed by atoms with van der Waals surface area (Å²) in [5.41, 5.74) is -0.273. The third-order valence-corrected chi connectivity index (χ3v) is 4.44. The van der Waals surface area contributed by atoms with E-state index in [9.17, 15) is 18.0 Å². The molecule has 0 aliphatic heterocycles. The smallest absolute Gasteiger partial charge is 0.449 e. The number of hydrogen-bond acceptors (Lipinski definition) is 3. The summed E-state index contributed by atoms with van der Waals surface area (Å²) in [4.78, 5) is 15.4. The Bertz CT molecular complexity index is 746. The van der Waals surface area contributed by atoms with E-state index in [0.717, 1.165) is 6.07 Å². The maximum absolute atomic E-state index is 13.1. The molecule has 0 bridgehead atoms. The molecule has 0 saturated heterocycles. The van der Waals surface area contributed by atoms with Gasteiger partial charge >= 0.3 is 12.3 Å². The number of hydrogen-bond donors (Lipinski definition) is 0. The van der Waals surface area contributed by atoms with Gasteiger partial charge in [-0.2, -0.15) is 13.2 Å². The van der Waals surface area contributed by atoms with E-state index in [1.165, 1.54) is 0 Å². The average molecular weight is 420 g/mol. The Morgan fingerprint density at radius 2 is 2.09 bits per heavy atom. The van der Waals surface area contributed by atoms with Crippen molar-refractivity contribution in [2.45, 2.75) is 19.5 Å². The molecule has 120 valence electrons. The second-order valence-electron chi connectivity index (χ2n) is 4.24. The first-order valence-electron chi connectivity index (χ1n) is 5.98. The van der Waals surface area contributed by atoms with Crippen LogP contribution in [0.2, 0.25) is 10.0 Å². The van der Waals surface area contributed by atoms with E-state index >= 15 is 0 Å². The zero-order valence-electron chi connectivity index (χ0n) is 11.0. The minimum Gasteiger partial charge on any atom is -0.449 e. The summed E-state index contributed by atoms with van der Waals surface area (Å²) in [6.45, 7) is 1.70. The van der Waals surface area contributed by atoms with Gasteiger partial charge in [-0.25, -0.2) is 14.3 Å². The van der Waals surface area contributed by atoms with Crippen molar-refractivity contribution in [2.24, 2.45) is 0 Å². The van der Waals surface area contributed by atoms with Crippen molar-refractivity contribution in [3.8, 4) is 0 Å². The van der Waals surface area contributed by atoms with Gasteiger partial charge in [0.15, 0.2) is 0 Å². The van der Waals surface area contributed by atoms with Crippen molar-refractivity contribution in [1.82, 2.24) is 9.55 Å². The van der Waals surface area contributed by atoms with Crippen LogP contribution in [-0.4, -0.2) is 22.3 Å². The Kier molecular flexibility index (Phi) is 4.93. The number of ether oxygens (including phenoxy) is 1. The Balaban J connectivity index is 2.77. The zero-order valence-corrected chi connectivity index (χ0v) is 14.1. The van der Waals surface area contributed by atoms with Crippen molar-refractivity contribution >= 4 is 56.3 Å². The van der Waals surface area contributed by atoms with Gasteiger partial charge in [-0.1, -0.05) is 30.1 Å². The number of alkyl halides is 3. The highest BCUT2D eigenvalue weighted by Gasteiger charge is 2.40. The van der Waals surface area contributed by atoms with Crippen molar-refractivity contribution < 1.29 is 22.7 Å². The van der Waals surface area contributed by atoms with Gasteiger partial charge in [-0.3, -0.25) is 0 Å². The standard InChI is InChI=1S/C12H8BrCl2F3N2O2/c1-2-3-22-11(21)20-6-4-5(14)8(15)7(13)9(6)19-10(20)12(16,17)18/h4H,2-3H2,1H3. The van der Waals surface area contributed by atoms with E-state index < -0.39 is 18.1 Å². The first-order valence-corrected chi connectivity index (χ1v) is 7.53. The molecule has 1 aromatic carbocycles. The third kappa shape index (κ3) is 3.04. The van der Waals surface area contributed by atoms with Crippen LogP contribution < -0.4 is 0 Å². The molecule has 0 fully saturated rings. The van der Waals surface area contributed by atoms with Crippen molar-refractivity contribution in [1.29, 1.82) is 0 Å². The van der Waals surface area contributed by atoms with Crippen LogP contribution in [0, 0.1) is 0 Å². The Morgan fingerprint density at radius 3 is 2.64 bits per heavy atom. The fraction of sp³-hybridized carbons (Fsp3) is 0.333. The number of nitrogens with zero attached hydrogens (tertiary/aromatic N) is 2. The summed E-state index contributed by atoms with van der Waals surface area (Å²) < 4.78 is 44.6. The fourth-order valence-corrected chi connectivity index (χ4v) is 2.71. The molecule has 2 aromatic rings. The fourth-order valence-electron chi connectivity index (χ4n) is 1.75. The molecule has 0 amide bonds. The first kappa shape index (κ1) is 17.4. The third-order valence-electron chi connectivity index (χ3n) is 2.65. The lowest BCUT2D eigenvalue weighted by Gasteiger charge is -2.10. The lowest BCUT2D eigenvalue weighted by molar-refractivity contribution is -0.146. The molecule has 0 unspecified atom stereocenters. The normalized spacial score (nSPS) is 12.0. The molecule has 0 saturated carbocycles. The van der Waals surface area contributed by atoms with Crippen LogP contribution in [0.4, 0.5) is 18.0 Å². The molecule has 0 aliphatic rings. The molecule has 0 radical (unpaired) electrons. The van der Waals surface area contributed by atoms with Gasteiger partial charge < -0.3 is 4.74 Å². The molecule has 1 heterocycles. The van der Waals surface area contributed by atoms with Crippen molar-refractivity contribution in [3.63, 3.8) is 0 Å². The van der Waals surface area contributed by atoms with Gasteiger partial charge in [0.05, 0.1) is 26.6 Å². The highest BCUT2D eigenvalue weighted by molar-refractivity contribution is 9.10. The van der Waals surface area contributed by atoms with Gasteiger partial charge in [-0.15, -0.1) is 0 Å². The number of aromatic nitrogens is 2. The van der Waals surface area contributed by atoms with E-state index in [1.807, 2.05) is 0 Å². The molecule has 0 aliphatic carbocycles. The first-order chi connectivity index (χ1) is 10.2. The Morgan fingerprint density at radius 1 is 1.45 bits per heavy atom. The summed E-state index contributed by atoms with van der Waals surface area (Å²) in [6, 6.07) is 1.14. The topological polar surface area (TPSA) is 44.1 Å². The van der Waals surface area contributed by atoms with Gasteiger partial charge in [0, 0.05) is 0 Å². The Labute approximate surface area is 141 Å². The highest BCUT2D eigenvalue weighted by atomic mass is 79.9. The van der Waals surface area contributed by atoms with E-state index in [2.05, 4.69) is 20.9 Å².